The number of hydrogen-bond acceptors (Lipinski definition) is 5. The molecule has 1 aliphatic heterocycles. The molecule has 2 heterocycles. The van der Waals surface area contributed by atoms with E-state index in [-0.39, 0.29) is 29.2 Å². The van der Waals surface area contributed by atoms with E-state index >= 15 is 0 Å². The van der Waals surface area contributed by atoms with Gasteiger partial charge in [0, 0.05) is 31.9 Å². The minimum atomic E-state index is -3.60. The Kier molecular flexibility index (Phi) is 6.09. The first kappa shape index (κ1) is 17.8. The summed E-state index contributed by atoms with van der Waals surface area (Å²) in [4.78, 5) is 15.8. The van der Waals surface area contributed by atoms with Gasteiger partial charge in [-0.1, -0.05) is 6.92 Å². The van der Waals surface area contributed by atoms with E-state index in [0.29, 0.717) is 6.54 Å². The second kappa shape index (κ2) is 7.85. The van der Waals surface area contributed by atoms with Crippen LogP contribution in [0, 0.1) is 5.41 Å². The van der Waals surface area contributed by atoms with Crippen molar-refractivity contribution in [3.05, 3.63) is 24.5 Å². The second-order valence-electron chi connectivity index (χ2n) is 6.17. The SMILES string of the molecule is CC1(CNC(=O)CCNS(=O)(=O)c2cccnc2)CCNCC1. The highest BCUT2D eigenvalue weighted by atomic mass is 32.2. The molecule has 128 valence electrons. The minimum Gasteiger partial charge on any atom is -0.356 e. The van der Waals surface area contributed by atoms with E-state index in [0.717, 1.165) is 25.9 Å². The van der Waals surface area contributed by atoms with Gasteiger partial charge in [0.25, 0.3) is 0 Å². The molecule has 1 aromatic rings. The van der Waals surface area contributed by atoms with Crippen LogP contribution in [0.5, 0.6) is 0 Å². The number of amides is 1. The molecule has 0 aromatic carbocycles. The van der Waals surface area contributed by atoms with E-state index in [1.165, 1.54) is 18.5 Å². The molecule has 0 spiro atoms. The number of rotatable bonds is 7. The van der Waals surface area contributed by atoms with Gasteiger partial charge in [0.05, 0.1) is 0 Å². The van der Waals surface area contributed by atoms with Crippen molar-refractivity contribution in [2.45, 2.75) is 31.1 Å². The fraction of sp³-hybridized carbons (Fsp3) is 0.600. The lowest BCUT2D eigenvalue weighted by atomic mass is 9.81. The summed E-state index contributed by atoms with van der Waals surface area (Å²) in [5.41, 5.74) is 0.121. The first-order valence-corrected chi connectivity index (χ1v) is 9.27. The lowest BCUT2D eigenvalue weighted by Crippen LogP contribution is -2.43. The van der Waals surface area contributed by atoms with Crippen LogP contribution < -0.4 is 15.4 Å². The zero-order valence-electron chi connectivity index (χ0n) is 13.3. The fourth-order valence-corrected chi connectivity index (χ4v) is 3.49. The average molecular weight is 340 g/mol. The van der Waals surface area contributed by atoms with Gasteiger partial charge in [-0.05, 0) is 43.5 Å². The summed E-state index contributed by atoms with van der Waals surface area (Å²) in [5, 5.41) is 6.20. The molecule has 0 aliphatic carbocycles. The number of carbonyl (C=O) groups excluding carboxylic acids is 1. The maximum Gasteiger partial charge on any atom is 0.242 e. The van der Waals surface area contributed by atoms with E-state index in [1.807, 2.05) is 0 Å². The van der Waals surface area contributed by atoms with Gasteiger partial charge >= 0.3 is 0 Å². The molecule has 3 N–H and O–H groups in total. The third-order valence-corrected chi connectivity index (χ3v) is 5.56. The summed E-state index contributed by atoms with van der Waals surface area (Å²) in [7, 11) is -3.60. The molecule has 1 aliphatic rings. The molecule has 7 nitrogen and oxygen atoms in total. The number of hydrogen-bond donors (Lipinski definition) is 3. The summed E-state index contributed by atoms with van der Waals surface area (Å²) in [6.45, 7) is 4.80. The highest BCUT2D eigenvalue weighted by Gasteiger charge is 2.26. The van der Waals surface area contributed by atoms with Crippen LogP contribution in [0.15, 0.2) is 29.4 Å². The Morgan fingerprint density at radius 1 is 1.39 bits per heavy atom. The quantitative estimate of drug-likeness (QED) is 0.661. The Morgan fingerprint density at radius 3 is 2.78 bits per heavy atom. The van der Waals surface area contributed by atoms with Crippen LogP contribution in [0.25, 0.3) is 0 Å². The lowest BCUT2D eigenvalue weighted by molar-refractivity contribution is -0.121. The molecular weight excluding hydrogens is 316 g/mol. The molecular formula is C15H24N4O3S. The van der Waals surface area contributed by atoms with Crippen LogP contribution in [0.4, 0.5) is 0 Å². The van der Waals surface area contributed by atoms with Crippen molar-refractivity contribution < 1.29 is 13.2 Å². The number of nitrogens with one attached hydrogen (secondary N) is 3. The maximum absolute atomic E-state index is 12.0. The standard InChI is InChI=1S/C15H24N4O3S/c1-15(5-9-16-10-6-15)12-18-14(20)4-8-19-23(21,22)13-3-2-7-17-11-13/h2-3,7,11,16,19H,4-6,8-10,12H2,1H3,(H,18,20). The molecule has 1 saturated heterocycles. The Balaban J connectivity index is 1.72. The molecule has 1 fully saturated rings. The Labute approximate surface area is 137 Å². The number of pyridine rings is 1. The zero-order chi connectivity index (χ0) is 16.8. The number of aromatic nitrogens is 1. The normalized spacial score (nSPS) is 17.6. The fourth-order valence-electron chi connectivity index (χ4n) is 2.50. The molecule has 0 atom stereocenters. The van der Waals surface area contributed by atoms with Gasteiger partial charge in [-0.25, -0.2) is 13.1 Å². The lowest BCUT2D eigenvalue weighted by Gasteiger charge is -2.34. The predicted molar refractivity (Wildman–Crippen MR) is 87.3 cm³/mol. The second-order valence-corrected chi connectivity index (χ2v) is 7.94. The summed E-state index contributed by atoms with van der Waals surface area (Å²) < 4.78 is 26.4. The van der Waals surface area contributed by atoms with Crippen LogP contribution in [-0.4, -0.2) is 45.5 Å². The molecule has 0 unspecified atom stereocenters. The predicted octanol–water partition coefficient (Wildman–Crippen LogP) is 0.256. The van der Waals surface area contributed by atoms with Crippen LogP contribution >= 0.6 is 0 Å². The van der Waals surface area contributed by atoms with E-state index in [9.17, 15) is 13.2 Å². The summed E-state index contributed by atoms with van der Waals surface area (Å²) in [6.07, 6.45) is 4.96. The van der Waals surface area contributed by atoms with E-state index in [2.05, 4.69) is 27.3 Å². The van der Waals surface area contributed by atoms with Gasteiger partial charge in [-0.15, -0.1) is 0 Å². The zero-order valence-corrected chi connectivity index (χ0v) is 14.2. The van der Waals surface area contributed by atoms with Crippen LogP contribution in [0.3, 0.4) is 0 Å². The van der Waals surface area contributed by atoms with Crippen LogP contribution in [0.2, 0.25) is 0 Å². The van der Waals surface area contributed by atoms with Crippen molar-refractivity contribution in [1.29, 1.82) is 0 Å². The van der Waals surface area contributed by atoms with Gasteiger partial charge < -0.3 is 10.6 Å². The Hall–Kier alpha value is -1.51. The average Bonchev–Trinajstić information content (AvgIpc) is 2.54. The summed E-state index contributed by atoms with van der Waals surface area (Å²) in [6, 6.07) is 3.02. The van der Waals surface area contributed by atoms with Gasteiger partial charge in [0.1, 0.15) is 4.90 Å². The minimum absolute atomic E-state index is 0.0708. The molecule has 0 bridgehead atoms. The van der Waals surface area contributed by atoms with Crippen molar-refractivity contribution >= 4 is 15.9 Å². The van der Waals surface area contributed by atoms with Gasteiger partial charge in [-0.2, -0.15) is 0 Å². The van der Waals surface area contributed by atoms with Gasteiger partial charge in [0.15, 0.2) is 0 Å². The largest absolute Gasteiger partial charge is 0.356 e. The summed E-state index contributed by atoms with van der Waals surface area (Å²) >= 11 is 0. The number of nitrogens with zero attached hydrogens (tertiary/aromatic N) is 1. The molecule has 23 heavy (non-hydrogen) atoms. The highest BCUT2D eigenvalue weighted by Crippen LogP contribution is 2.26. The third kappa shape index (κ3) is 5.56. The van der Waals surface area contributed by atoms with Gasteiger partial charge in [-0.3, -0.25) is 9.78 Å². The van der Waals surface area contributed by atoms with Crippen molar-refractivity contribution in [2.75, 3.05) is 26.2 Å². The van der Waals surface area contributed by atoms with Crippen molar-refractivity contribution in [1.82, 2.24) is 20.3 Å². The monoisotopic (exact) mass is 340 g/mol. The smallest absolute Gasteiger partial charge is 0.242 e. The molecule has 1 aromatic heterocycles. The number of piperidine rings is 1. The van der Waals surface area contributed by atoms with Crippen LogP contribution in [-0.2, 0) is 14.8 Å². The maximum atomic E-state index is 12.0. The molecule has 1 amide bonds. The van der Waals surface area contributed by atoms with Crippen LogP contribution in [0.1, 0.15) is 26.2 Å². The van der Waals surface area contributed by atoms with E-state index in [1.54, 1.807) is 6.07 Å². The molecule has 0 radical (unpaired) electrons. The third-order valence-electron chi connectivity index (χ3n) is 4.11. The van der Waals surface area contributed by atoms with E-state index in [4.69, 9.17) is 0 Å². The van der Waals surface area contributed by atoms with Crippen molar-refractivity contribution in [3.8, 4) is 0 Å². The van der Waals surface area contributed by atoms with E-state index < -0.39 is 10.0 Å². The highest BCUT2D eigenvalue weighted by molar-refractivity contribution is 7.89. The first-order valence-electron chi connectivity index (χ1n) is 7.78. The molecule has 2 rings (SSSR count). The van der Waals surface area contributed by atoms with Crippen molar-refractivity contribution in [2.24, 2.45) is 5.41 Å². The van der Waals surface area contributed by atoms with Crippen molar-refractivity contribution in [3.63, 3.8) is 0 Å². The topological polar surface area (TPSA) is 100 Å². The molecule has 8 heteroatoms. The number of sulfonamides is 1. The Bertz CT molecular complexity index is 613. The van der Waals surface area contributed by atoms with Gasteiger partial charge in [0.2, 0.25) is 15.9 Å². The number of carbonyl (C=O) groups is 1. The summed E-state index contributed by atoms with van der Waals surface area (Å²) in [5.74, 6) is -0.140. The first-order chi connectivity index (χ1) is 10.9. The Morgan fingerprint density at radius 2 is 2.13 bits per heavy atom. The molecule has 0 saturated carbocycles.